The van der Waals surface area contributed by atoms with Crippen LogP contribution >= 0.6 is 12.4 Å². The Morgan fingerprint density at radius 2 is 2.12 bits per heavy atom. The van der Waals surface area contributed by atoms with Gasteiger partial charge in [-0.1, -0.05) is 5.16 Å². The molecule has 2 amide bonds. The molecule has 0 spiro atoms. The minimum absolute atomic E-state index is 0. The Morgan fingerprint density at radius 3 is 2.73 bits per heavy atom. The molecule has 9 nitrogen and oxygen atoms in total. The lowest BCUT2D eigenvalue weighted by Gasteiger charge is -2.27. The molecule has 0 bridgehead atoms. The van der Waals surface area contributed by atoms with Crippen molar-refractivity contribution in [1.82, 2.24) is 19.9 Å². The summed E-state index contributed by atoms with van der Waals surface area (Å²) in [6.07, 6.45) is 1.38. The molecule has 0 aromatic carbocycles. The van der Waals surface area contributed by atoms with E-state index >= 15 is 0 Å². The van der Waals surface area contributed by atoms with Crippen LogP contribution in [-0.4, -0.2) is 64.5 Å². The van der Waals surface area contributed by atoms with Crippen molar-refractivity contribution in [1.29, 1.82) is 0 Å². The second kappa shape index (κ2) is 10.4. The van der Waals surface area contributed by atoms with E-state index in [-0.39, 0.29) is 49.3 Å². The van der Waals surface area contributed by atoms with Gasteiger partial charge in [0.1, 0.15) is 6.61 Å². The predicted molar refractivity (Wildman–Crippen MR) is 96.3 cm³/mol. The molecule has 0 saturated carbocycles. The largest absolute Gasteiger partial charge is 0.377 e. The van der Waals surface area contributed by atoms with Crippen LogP contribution in [0.15, 0.2) is 4.52 Å². The second-order valence-corrected chi connectivity index (χ2v) is 6.35. The number of methoxy groups -OCH3 is 1. The minimum Gasteiger partial charge on any atom is -0.377 e. The molecule has 148 valence electrons. The van der Waals surface area contributed by atoms with Crippen LogP contribution in [0.2, 0.25) is 0 Å². The Bertz CT molecular complexity index is 597. The zero-order valence-electron chi connectivity index (χ0n) is 15.5. The number of likely N-dealkylation sites (tertiary alicyclic amines) is 1. The summed E-state index contributed by atoms with van der Waals surface area (Å²) in [5.74, 6) is 0.479. The van der Waals surface area contributed by atoms with Gasteiger partial charge in [0, 0.05) is 39.7 Å². The van der Waals surface area contributed by atoms with E-state index in [9.17, 15) is 9.59 Å². The van der Waals surface area contributed by atoms with Crippen molar-refractivity contribution < 1.29 is 18.8 Å². The third-order valence-electron chi connectivity index (χ3n) is 4.38. The van der Waals surface area contributed by atoms with Crippen LogP contribution in [0.3, 0.4) is 0 Å². The Morgan fingerprint density at radius 1 is 1.38 bits per heavy atom. The molecule has 26 heavy (non-hydrogen) atoms. The van der Waals surface area contributed by atoms with Gasteiger partial charge in [-0.2, -0.15) is 4.98 Å². The van der Waals surface area contributed by atoms with Gasteiger partial charge in [-0.25, -0.2) is 0 Å². The third kappa shape index (κ3) is 5.93. The molecule has 10 heteroatoms. The van der Waals surface area contributed by atoms with Gasteiger partial charge in [-0.3, -0.25) is 9.59 Å². The lowest BCUT2D eigenvalue weighted by atomic mass is 10.0. The molecule has 1 saturated heterocycles. The fourth-order valence-electron chi connectivity index (χ4n) is 2.99. The number of hydrogen-bond donors (Lipinski definition) is 1. The maximum Gasteiger partial charge on any atom is 0.246 e. The molecule has 1 aliphatic heterocycles. The number of carbonyl (C=O) groups excluding carboxylic acids is 2. The van der Waals surface area contributed by atoms with Crippen molar-refractivity contribution in [3.05, 3.63) is 11.7 Å². The minimum atomic E-state index is -0.265. The number of hydrogen-bond acceptors (Lipinski definition) is 7. The highest BCUT2D eigenvalue weighted by molar-refractivity contribution is 5.85. The first kappa shape index (κ1) is 22.3. The molecule has 0 aliphatic carbocycles. The van der Waals surface area contributed by atoms with Gasteiger partial charge in [-0.15, -0.1) is 12.4 Å². The van der Waals surface area contributed by atoms with E-state index in [1.165, 1.54) is 6.92 Å². The lowest BCUT2D eigenvalue weighted by Crippen LogP contribution is -2.43. The predicted octanol–water partition coefficient (Wildman–Crippen LogP) is 0.572. The Balaban J connectivity index is 0.00000338. The fourth-order valence-corrected chi connectivity index (χ4v) is 2.99. The van der Waals surface area contributed by atoms with Crippen molar-refractivity contribution in [2.75, 3.05) is 26.7 Å². The number of aromatic nitrogens is 2. The van der Waals surface area contributed by atoms with Crippen LogP contribution in [0, 0.1) is 5.92 Å². The van der Waals surface area contributed by atoms with Gasteiger partial charge < -0.3 is 24.8 Å². The summed E-state index contributed by atoms with van der Waals surface area (Å²) in [7, 11) is 1.55. The van der Waals surface area contributed by atoms with Gasteiger partial charge in [0.2, 0.25) is 17.7 Å². The molecule has 2 N–H and O–H groups in total. The number of amides is 2. The fraction of sp³-hybridized carbons (Fsp3) is 0.750. The van der Waals surface area contributed by atoms with Gasteiger partial charge in [0.05, 0.1) is 12.5 Å². The second-order valence-electron chi connectivity index (χ2n) is 6.35. The molecule has 1 aromatic heterocycles. The number of halogens is 1. The molecular formula is C16H28ClN5O4. The average Bonchev–Trinajstić information content (AvgIpc) is 2.91. The monoisotopic (exact) mass is 389 g/mol. The summed E-state index contributed by atoms with van der Waals surface area (Å²) in [5, 5.41) is 3.81. The molecule has 0 unspecified atom stereocenters. The number of ether oxygens (including phenoxy) is 1. The summed E-state index contributed by atoms with van der Waals surface area (Å²) in [5.41, 5.74) is 6.02. The van der Waals surface area contributed by atoms with E-state index in [4.69, 9.17) is 15.0 Å². The Labute approximate surface area is 159 Å². The number of nitrogens with zero attached hydrogens (tertiary/aromatic N) is 4. The zero-order chi connectivity index (χ0) is 18.4. The summed E-state index contributed by atoms with van der Waals surface area (Å²) >= 11 is 0. The Hall–Kier alpha value is -1.71. The molecule has 1 aromatic rings. The SMILES string of the molecule is CCN(Cc1nc(COC)no1)C(=O)[C@@H]1CC[C@H](N)CN(C(C)=O)C1.Cl. The highest BCUT2D eigenvalue weighted by Crippen LogP contribution is 2.19. The molecular weight excluding hydrogens is 362 g/mol. The van der Waals surface area contributed by atoms with E-state index in [2.05, 4.69) is 10.1 Å². The first-order chi connectivity index (χ1) is 11.9. The van der Waals surface area contributed by atoms with E-state index in [1.54, 1.807) is 16.9 Å². The summed E-state index contributed by atoms with van der Waals surface area (Å²) in [4.78, 5) is 32.2. The number of nitrogens with two attached hydrogens (primary N) is 1. The van der Waals surface area contributed by atoms with E-state index in [0.29, 0.717) is 37.8 Å². The third-order valence-corrected chi connectivity index (χ3v) is 4.38. The highest BCUT2D eigenvalue weighted by Gasteiger charge is 2.31. The molecule has 2 rings (SSSR count). The zero-order valence-corrected chi connectivity index (χ0v) is 16.3. The molecule has 1 fully saturated rings. The first-order valence-corrected chi connectivity index (χ1v) is 8.54. The van der Waals surface area contributed by atoms with Crippen LogP contribution in [0.25, 0.3) is 0 Å². The molecule has 2 atom stereocenters. The average molecular weight is 390 g/mol. The van der Waals surface area contributed by atoms with Crippen LogP contribution in [0.4, 0.5) is 0 Å². The maximum atomic E-state index is 12.9. The molecule has 1 aliphatic rings. The summed E-state index contributed by atoms with van der Waals surface area (Å²) < 4.78 is 10.1. The standard InChI is InChI=1S/C16H27N5O4.ClH/c1-4-20(9-15-18-14(10-24-3)19-25-15)16(23)12-5-6-13(17)8-21(7-12)11(2)22;/h12-13H,4-10,17H2,1-3H3;1H/t12-,13+;/m1./s1. The van der Waals surface area contributed by atoms with Crippen LogP contribution in [-0.2, 0) is 27.5 Å². The summed E-state index contributed by atoms with van der Waals surface area (Å²) in [6, 6.07) is -0.0932. The van der Waals surface area contributed by atoms with Gasteiger partial charge in [-0.05, 0) is 19.8 Å². The highest BCUT2D eigenvalue weighted by atomic mass is 35.5. The van der Waals surface area contributed by atoms with Gasteiger partial charge in [0.15, 0.2) is 5.82 Å². The number of carbonyl (C=O) groups is 2. The smallest absolute Gasteiger partial charge is 0.246 e. The van der Waals surface area contributed by atoms with Gasteiger partial charge in [0.25, 0.3) is 0 Å². The van der Waals surface area contributed by atoms with Crippen molar-refractivity contribution in [3.8, 4) is 0 Å². The van der Waals surface area contributed by atoms with Crippen LogP contribution in [0.5, 0.6) is 0 Å². The van der Waals surface area contributed by atoms with Gasteiger partial charge >= 0.3 is 0 Å². The van der Waals surface area contributed by atoms with E-state index in [1.807, 2.05) is 6.92 Å². The first-order valence-electron chi connectivity index (χ1n) is 8.54. The summed E-state index contributed by atoms with van der Waals surface area (Å²) in [6.45, 7) is 5.32. The van der Waals surface area contributed by atoms with Crippen LogP contribution < -0.4 is 5.73 Å². The Kier molecular flexibility index (Phi) is 8.97. The number of rotatable bonds is 6. The lowest BCUT2D eigenvalue weighted by molar-refractivity contribution is -0.138. The quantitative estimate of drug-likeness (QED) is 0.756. The topological polar surface area (TPSA) is 115 Å². The van der Waals surface area contributed by atoms with Crippen molar-refractivity contribution >= 4 is 24.2 Å². The van der Waals surface area contributed by atoms with E-state index < -0.39 is 0 Å². The van der Waals surface area contributed by atoms with Crippen molar-refractivity contribution in [2.24, 2.45) is 11.7 Å². The van der Waals surface area contributed by atoms with Crippen molar-refractivity contribution in [2.45, 2.75) is 45.9 Å². The van der Waals surface area contributed by atoms with E-state index in [0.717, 1.165) is 6.42 Å². The van der Waals surface area contributed by atoms with Crippen molar-refractivity contribution in [3.63, 3.8) is 0 Å². The van der Waals surface area contributed by atoms with Crippen LogP contribution in [0.1, 0.15) is 38.4 Å². The maximum absolute atomic E-state index is 12.9. The molecule has 2 heterocycles. The normalized spacial score (nSPS) is 20.2. The molecule has 0 radical (unpaired) electrons.